The summed E-state index contributed by atoms with van der Waals surface area (Å²) in [6.45, 7) is 5.28. The van der Waals surface area contributed by atoms with E-state index in [-0.39, 0.29) is 29.7 Å². The summed E-state index contributed by atoms with van der Waals surface area (Å²) in [6, 6.07) is 9.48. The van der Waals surface area contributed by atoms with Crippen LogP contribution < -0.4 is 4.74 Å². The molecule has 0 spiro atoms. The van der Waals surface area contributed by atoms with Crippen LogP contribution in [0, 0.1) is 18.8 Å². The van der Waals surface area contributed by atoms with Crippen molar-refractivity contribution in [2.45, 2.75) is 19.9 Å². The Balaban J connectivity index is 1.58. The second-order valence-corrected chi connectivity index (χ2v) is 7.35. The molecule has 2 aliphatic rings. The number of benzene rings is 1. The molecule has 2 aliphatic heterocycles. The summed E-state index contributed by atoms with van der Waals surface area (Å²) in [5.74, 6) is 1.83. The lowest BCUT2D eigenvalue weighted by atomic mass is 9.89. The summed E-state index contributed by atoms with van der Waals surface area (Å²) in [5.41, 5.74) is 1.42. The van der Waals surface area contributed by atoms with Crippen molar-refractivity contribution in [1.29, 1.82) is 0 Å². The van der Waals surface area contributed by atoms with Crippen molar-refractivity contribution in [2.24, 2.45) is 11.8 Å². The van der Waals surface area contributed by atoms with E-state index in [0.29, 0.717) is 31.1 Å². The highest BCUT2D eigenvalue weighted by Gasteiger charge is 2.49. The van der Waals surface area contributed by atoms with E-state index in [1.165, 1.54) is 0 Å². The minimum absolute atomic E-state index is 0.0322. The molecule has 3 heterocycles. The van der Waals surface area contributed by atoms with Gasteiger partial charge in [-0.05, 0) is 24.6 Å². The van der Waals surface area contributed by atoms with Gasteiger partial charge in [0.25, 0.3) is 5.91 Å². The van der Waals surface area contributed by atoms with Crippen LogP contribution in [0.15, 0.2) is 34.9 Å². The molecule has 2 amide bonds. The van der Waals surface area contributed by atoms with Gasteiger partial charge in [-0.3, -0.25) is 9.59 Å². The molecule has 0 saturated carbocycles. The van der Waals surface area contributed by atoms with Gasteiger partial charge in [0.15, 0.2) is 5.69 Å². The Morgan fingerprint density at radius 1 is 1.19 bits per heavy atom. The number of carbonyl (C=O) groups excluding carboxylic acids is 2. The summed E-state index contributed by atoms with van der Waals surface area (Å²) in [7, 11) is 1.63. The SMILES string of the molecule is COc1ccc([C@H]2[C@@H]3CN(C(=O)c4cc(C)on4)C[C@@H]3CN2C(C)=O)cc1. The van der Waals surface area contributed by atoms with Crippen LogP contribution in [-0.2, 0) is 4.79 Å². The van der Waals surface area contributed by atoms with Crippen LogP contribution in [0.2, 0.25) is 0 Å². The number of aromatic nitrogens is 1. The number of methoxy groups -OCH3 is 1. The fraction of sp³-hybridized carbons (Fsp3) is 0.450. The van der Waals surface area contributed by atoms with Crippen molar-refractivity contribution in [3.63, 3.8) is 0 Å². The molecular formula is C20H23N3O4. The molecular weight excluding hydrogens is 346 g/mol. The van der Waals surface area contributed by atoms with E-state index in [0.717, 1.165) is 11.3 Å². The standard InChI is InChI=1S/C20H23N3O4/c1-12-8-18(21-27-12)20(25)22-9-15-10-23(13(2)24)19(17(15)11-22)14-4-6-16(26-3)7-5-14/h4-8,15,17,19H,9-11H2,1-3H3/t15-,17-,19+/m1/s1. The molecule has 0 bridgehead atoms. The molecule has 0 aliphatic carbocycles. The maximum Gasteiger partial charge on any atom is 0.276 e. The number of likely N-dealkylation sites (tertiary alicyclic amines) is 2. The highest BCUT2D eigenvalue weighted by molar-refractivity contribution is 5.92. The van der Waals surface area contributed by atoms with E-state index >= 15 is 0 Å². The Morgan fingerprint density at radius 3 is 2.52 bits per heavy atom. The summed E-state index contributed by atoms with van der Waals surface area (Å²) in [5, 5.41) is 3.85. The molecule has 0 N–H and O–H groups in total. The summed E-state index contributed by atoms with van der Waals surface area (Å²) < 4.78 is 10.3. The maximum absolute atomic E-state index is 12.7. The van der Waals surface area contributed by atoms with E-state index in [4.69, 9.17) is 9.26 Å². The monoisotopic (exact) mass is 369 g/mol. The predicted molar refractivity (Wildman–Crippen MR) is 97.2 cm³/mol. The van der Waals surface area contributed by atoms with Crippen molar-refractivity contribution in [3.05, 3.63) is 47.3 Å². The first-order chi connectivity index (χ1) is 13.0. The molecule has 27 heavy (non-hydrogen) atoms. The van der Waals surface area contributed by atoms with Crippen molar-refractivity contribution in [1.82, 2.24) is 15.0 Å². The van der Waals surface area contributed by atoms with E-state index in [1.54, 1.807) is 27.0 Å². The molecule has 4 rings (SSSR count). The van der Waals surface area contributed by atoms with Crippen molar-refractivity contribution < 1.29 is 18.8 Å². The van der Waals surface area contributed by atoms with Crippen LogP contribution in [0.1, 0.15) is 34.8 Å². The fourth-order valence-electron chi connectivity index (χ4n) is 4.39. The molecule has 0 unspecified atom stereocenters. The van der Waals surface area contributed by atoms with Gasteiger partial charge in [-0.2, -0.15) is 0 Å². The zero-order valence-electron chi connectivity index (χ0n) is 15.7. The van der Waals surface area contributed by atoms with Gasteiger partial charge in [0.2, 0.25) is 5.91 Å². The van der Waals surface area contributed by atoms with Gasteiger partial charge >= 0.3 is 0 Å². The quantitative estimate of drug-likeness (QED) is 0.830. The predicted octanol–water partition coefficient (Wildman–Crippen LogP) is 2.28. The van der Waals surface area contributed by atoms with Crippen LogP contribution in [0.5, 0.6) is 5.75 Å². The molecule has 3 atom stereocenters. The molecule has 1 aromatic carbocycles. The lowest BCUT2D eigenvalue weighted by molar-refractivity contribution is -0.130. The zero-order valence-corrected chi connectivity index (χ0v) is 15.7. The van der Waals surface area contributed by atoms with Gasteiger partial charge < -0.3 is 19.1 Å². The number of carbonyl (C=O) groups is 2. The number of fused-ring (bicyclic) bond motifs is 1. The van der Waals surface area contributed by atoms with Crippen LogP contribution in [0.25, 0.3) is 0 Å². The lowest BCUT2D eigenvalue weighted by Crippen LogP contribution is -2.36. The number of hydrogen-bond acceptors (Lipinski definition) is 5. The first-order valence-electron chi connectivity index (χ1n) is 9.11. The Hall–Kier alpha value is -2.83. The van der Waals surface area contributed by atoms with Gasteiger partial charge in [-0.15, -0.1) is 0 Å². The number of hydrogen-bond donors (Lipinski definition) is 0. The van der Waals surface area contributed by atoms with Crippen LogP contribution in [-0.4, -0.2) is 53.5 Å². The molecule has 7 nitrogen and oxygen atoms in total. The third kappa shape index (κ3) is 3.07. The van der Waals surface area contributed by atoms with Gasteiger partial charge in [-0.1, -0.05) is 17.3 Å². The molecule has 0 radical (unpaired) electrons. The first-order valence-corrected chi connectivity index (χ1v) is 9.11. The third-order valence-electron chi connectivity index (χ3n) is 5.66. The van der Waals surface area contributed by atoms with Crippen molar-refractivity contribution in [2.75, 3.05) is 26.7 Å². The smallest absolute Gasteiger partial charge is 0.276 e. The minimum Gasteiger partial charge on any atom is -0.497 e. The second-order valence-electron chi connectivity index (χ2n) is 7.35. The first kappa shape index (κ1) is 17.6. The van der Waals surface area contributed by atoms with Gasteiger partial charge in [0, 0.05) is 44.5 Å². The second kappa shape index (κ2) is 6.72. The Labute approximate surface area is 157 Å². The van der Waals surface area contributed by atoms with Crippen molar-refractivity contribution >= 4 is 11.8 Å². The maximum atomic E-state index is 12.7. The van der Waals surface area contributed by atoms with E-state index in [2.05, 4.69) is 5.16 Å². The summed E-state index contributed by atoms with van der Waals surface area (Å²) in [4.78, 5) is 28.7. The molecule has 2 aromatic rings. The lowest BCUT2D eigenvalue weighted by Gasteiger charge is -2.29. The van der Waals surface area contributed by atoms with Crippen LogP contribution >= 0.6 is 0 Å². The number of amides is 2. The van der Waals surface area contributed by atoms with Gasteiger partial charge in [0.05, 0.1) is 13.2 Å². The van der Waals surface area contributed by atoms with E-state index in [1.807, 2.05) is 34.1 Å². The van der Waals surface area contributed by atoms with Gasteiger partial charge in [-0.25, -0.2) is 0 Å². The van der Waals surface area contributed by atoms with Crippen molar-refractivity contribution in [3.8, 4) is 5.75 Å². The fourth-order valence-corrected chi connectivity index (χ4v) is 4.39. The Morgan fingerprint density at radius 2 is 1.93 bits per heavy atom. The number of aryl methyl sites for hydroxylation is 1. The normalized spacial score (nSPS) is 24.2. The Kier molecular flexibility index (Phi) is 4.37. The molecule has 142 valence electrons. The minimum atomic E-state index is -0.107. The van der Waals surface area contributed by atoms with Gasteiger partial charge in [0.1, 0.15) is 11.5 Å². The summed E-state index contributed by atoms with van der Waals surface area (Å²) >= 11 is 0. The average Bonchev–Trinajstić information content (AvgIpc) is 3.35. The molecule has 2 fully saturated rings. The highest BCUT2D eigenvalue weighted by atomic mass is 16.5. The van der Waals surface area contributed by atoms with Crippen LogP contribution in [0.3, 0.4) is 0 Å². The Bertz CT molecular complexity index is 860. The third-order valence-corrected chi connectivity index (χ3v) is 5.66. The van der Waals surface area contributed by atoms with E-state index in [9.17, 15) is 9.59 Å². The molecule has 2 saturated heterocycles. The van der Waals surface area contributed by atoms with Crippen LogP contribution in [0.4, 0.5) is 0 Å². The topological polar surface area (TPSA) is 75.9 Å². The largest absolute Gasteiger partial charge is 0.497 e. The number of rotatable bonds is 3. The zero-order chi connectivity index (χ0) is 19.1. The molecule has 7 heteroatoms. The average molecular weight is 369 g/mol. The molecule has 1 aromatic heterocycles. The van der Waals surface area contributed by atoms with E-state index < -0.39 is 0 Å². The number of nitrogens with zero attached hydrogens (tertiary/aromatic N) is 3. The summed E-state index contributed by atoms with van der Waals surface area (Å²) in [6.07, 6.45) is 0. The highest BCUT2D eigenvalue weighted by Crippen LogP contribution is 2.45. The number of ether oxygens (including phenoxy) is 1.